The van der Waals surface area contributed by atoms with Crippen molar-refractivity contribution in [2.24, 2.45) is 17.8 Å². The lowest BCUT2D eigenvalue weighted by Gasteiger charge is -2.38. The normalized spacial score (nSPS) is 40.9. The van der Waals surface area contributed by atoms with Crippen molar-refractivity contribution in [3.63, 3.8) is 0 Å². The Morgan fingerprint density at radius 1 is 1.36 bits per heavy atom. The van der Waals surface area contributed by atoms with Crippen molar-refractivity contribution in [3.8, 4) is 0 Å². The molecule has 0 unspecified atom stereocenters. The van der Waals surface area contributed by atoms with Crippen LogP contribution in [-0.2, 0) is 4.79 Å². The smallest absolute Gasteiger partial charge is 0.0451 e. The zero-order valence-corrected chi connectivity index (χ0v) is 6.32. The second-order valence-corrected chi connectivity index (χ2v) is 3.55. The van der Waals surface area contributed by atoms with Crippen molar-refractivity contribution in [2.75, 3.05) is 0 Å². The van der Waals surface area contributed by atoms with E-state index in [0.29, 0.717) is 5.92 Å². The first-order chi connectivity index (χ1) is 5.27. The topological polar surface area (TPSA) is 40.1 Å². The van der Waals surface area contributed by atoms with Crippen molar-refractivity contribution in [1.29, 1.82) is 0 Å². The van der Waals surface area contributed by atoms with E-state index in [-0.39, 0.29) is 11.8 Å². The van der Waals surface area contributed by atoms with Gasteiger partial charge in [-0.3, -0.25) is 0 Å². The molecule has 0 aromatic rings. The van der Waals surface area contributed by atoms with Gasteiger partial charge in [0.25, 0.3) is 0 Å². The van der Waals surface area contributed by atoms with Gasteiger partial charge >= 0.3 is 0 Å². The third kappa shape index (κ3) is 1.06. The molecule has 0 aromatic carbocycles. The number of aliphatic carboxylic acids is 1. The minimum absolute atomic E-state index is 0.196. The number of rotatable bonds is 1. The van der Waals surface area contributed by atoms with Crippen molar-refractivity contribution in [3.05, 3.63) is 12.2 Å². The van der Waals surface area contributed by atoms with E-state index in [0.717, 1.165) is 12.8 Å². The summed E-state index contributed by atoms with van der Waals surface area (Å²) in [5, 5.41) is 10.6. The third-order valence-corrected chi connectivity index (χ3v) is 2.88. The van der Waals surface area contributed by atoms with E-state index < -0.39 is 5.97 Å². The molecule has 3 rings (SSSR count). The minimum atomic E-state index is -0.857. The summed E-state index contributed by atoms with van der Waals surface area (Å²) in [5.74, 6) is -0.268. The summed E-state index contributed by atoms with van der Waals surface area (Å²) in [4.78, 5) is 10.6. The maximum Gasteiger partial charge on any atom is 0.0451 e. The van der Waals surface area contributed by atoms with E-state index in [2.05, 4.69) is 12.2 Å². The van der Waals surface area contributed by atoms with E-state index in [1.54, 1.807) is 0 Å². The molecule has 0 saturated heterocycles. The molecule has 1 fully saturated rings. The molecule has 0 amide bonds. The molecule has 2 bridgehead atoms. The van der Waals surface area contributed by atoms with Gasteiger partial charge in [0.1, 0.15) is 0 Å². The molecule has 2 heteroatoms. The van der Waals surface area contributed by atoms with Gasteiger partial charge in [0.15, 0.2) is 0 Å². The summed E-state index contributed by atoms with van der Waals surface area (Å²) in [6.45, 7) is 0. The van der Waals surface area contributed by atoms with E-state index in [9.17, 15) is 9.90 Å². The van der Waals surface area contributed by atoms with Crippen LogP contribution in [0.4, 0.5) is 0 Å². The van der Waals surface area contributed by atoms with Crippen LogP contribution >= 0.6 is 0 Å². The molecule has 0 N–H and O–H groups in total. The Hall–Kier alpha value is -0.790. The Kier molecular flexibility index (Phi) is 1.48. The number of carboxylic acid groups (broad SMARTS) is 1. The average molecular weight is 151 g/mol. The number of carboxylic acids is 1. The fraction of sp³-hybridized carbons (Fsp3) is 0.667. The summed E-state index contributed by atoms with van der Waals surface area (Å²) < 4.78 is 0. The van der Waals surface area contributed by atoms with Gasteiger partial charge in [-0.1, -0.05) is 12.2 Å². The molecular formula is C9H11O2-. The molecule has 0 aromatic heterocycles. The SMILES string of the molecule is O=C([O-])[C@H]1C[C@@H]2C=C[C@H]1CC2. The predicted molar refractivity (Wildman–Crippen MR) is 38.5 cm³/mol. The Balaban J connectivity index is 2.17. The first-order valence-corrected chi connectivity index (χ1v) is 4.16. The van der Waals surface area contributed by atoms with Gasteiger partial charge in [-0.15, -0.1) is 0 Å². The highest BCUT2D eigenvalue weighted by atomic mass is 16.4. The van der Waals surface area contributed by atoms with Gasteiger partial charge in [-0.05, 0) is 31.1 Å². The Labute approximate surface area is 65.9 Å². The van der Waals surface area contributed by atoms with Gasteiger partial charge in [0.05, 0.1) is 0 Å². The number of allylic oxidation sites excluding steroid dienone is 2. The van der Waals surface area contributed by atoms with Crippen LogP contribution in [0.15, 0.2) is 12.2 Å². The first kappa shape index (κ1) is 6.89. The third-order valence-electron chi connectivity index (χ3n) is 2.88. The van der Waals surface area contributed by atoms with Gasteiger partial charge < -0.3 is 9.90 Å². The molecule has 3 atom stereocenters. The van der Waals surface area contributed by atoms with Gasteiger partial charge in [-0.25, -0.2) is 0 Å². The highest BCUT2D eigenvalue weighted by Crippen LogP contribution is 2.39. The predicted octanol–water partition coefficient (Wildman–Crippen LogP) is 0.339. The number of hydrogen-bond acceptors (Lipinski definition) is 2. The van der Waals surface area contributed by atoms with Crippen molar-refractivity contribution in [1.82, 2.24) is 0 Å². The van der Waals surface area contributed by atoms with Crippen LogP contribution in [0, 0.1) is 17.8 Å². The van der Waals surface area contributed by atoms with Crippen molar-refractivity contribution >= 4 is 5.97 Å². The van der Waals surface area contributed by atoms with Gasteiger partial charge in [-0.2, -0.15) is 0 Å². The average Bonchev–Trinajstić information content (AvgIpc) is 2.06. The van der Waals surface area contributed by atoms with Crippen LogP contribution in [-0.4, -0.2) is 5.97 Å². The standard InChI is InChI=1S/C9H12O2/c10-9(11)8-5-6-1-3-7(8)4-2-6/h1,3,6-8H,2,4-5H2,(H,10,11)/p-1/t6-,7+,8+/m1/s1. The molecule has 0 heterocycles. The molecule has 3 aliphatic rings. The Bertz CT molecular complexity index is 208. The molecule has 0 radical (unpaired) electrons. The Morgan fingerprint density at radius 3 is 2.45 bits per heavy atom. The van der Waals surface area contributed by atoms with Gasteiger partial charge in [0.2, 0.25) is 0 Å². The van der Waals surface area contributed by atoms with Crippen LogP contribution < -0.4 is 5.11 Å². The highest BCUT2D eigenvalue weighted by Gasteiger charge is 2.32. The summed E-state index contributed by atoms with van der Waals surface area (Å²) in [7, 11) is 0. The molecule has 0 aliphatic heterocycles. The molecule has 2 nitrogen and oxygen atoms in total. The summed E-state index contributed by atoms with van der Waals surface area (Å²) in [6, 6.07) is 0. The highest BCUT2D eigenvalue weighted by molar-refractivity contribution is 5.69. The van der Waals surface area contributed by atoms with Crippen molar-refractivity contribution < 1.29 is 9.90 Å². The van der Waals surface area contributed by atoms with Crippen LogP contribution in [0.1, 0.15) is 19.3 Å². The monoisotopic (exact) mass is 151 g/mol. The fourth-order valence-corrected chi connectivity index (χ4v) is 2.20. The van der Waals surface area contributed by atoms with E-state index in [1.807, 2.05) is 0 Å². The van der Waals surface area contributed by atoms with Crippen LogP contribution in [0.3, 0.4) is 0 Å². The summed E-state index contributed by atoms with van der Waals surface area (Å²) in [5.41, 5.74) is 0. The largest absolute Gasteiger partial charge is 0.550 e. The molecule has 1 saturated carbocycles. The number of carbonyl (C=O) groups is 1. The molecule has 60 valence electrons. The molecule has 11 heavy (non-hydrogen) atoms. The molecular weight excluding hydrogens is 140 g/mol. The minimum Gasteiger partial charge on any atom is -0.550 e. The van der Waals surface area contributed by atoms with Crippen LogP contribution in [0.5, 0.6) is 0 Å². The van der Waals surface area contributed by atoms with Crippen LogP contribution in [0.25, 0.3) is 0 Å². The zero-order valence-electron chi connectivity index (χ0n) is 6.32. The van der Waals surface area contributed by atoms with Gasteiger partial charge in [0, 0.05) is 11.9 Å². The summed E-state index contributed by atoms with van der Waals surface area (Å²) in [6.07, 6.45) is 7.24. The van der Waals surface area contributed by atoms with E-state index >= 15 is 0 Å². The lowest BCUT2D eigenvalue weighted by molar-refractivity contribution is -0.314. The number of fused-ring (bicyclic) bond motifs is 2. The van der Waals surface area contributed by atoms with Crippen LogP contribution in [0.2, 0.25) is 0 Å². The Morgan fingerprint density at radius 2 is 2.18 bits per heavy atom. The lowest BCUT2D eigenvalue weighted by Crippen LogP contribution is -2.40. The quantitative estimate of drug-likeness (QED) is 0.507. The maximum absolute atomic E-state index is 10.6. The van der Waals surface area contributed by atoms with E-state index in [4.69, 9.17) is 0 Å². The second kappa shape index (κ2) is 2.36. The summed E-state index contributed by atoms with van der Waals surface area (Å²) >= 11 is 0. The number of carbonyl (C=O) groups excluding carboxylic acids is 1. The zero-order chi connectivity index (χ0) is 7.84. The molecule has 0 spiro atoms. The van der Waals surface area contributed by atoms with Crippen molar-refractivity contribution in [2.45, 2.75) is 19.3 Å². The molecule has 3 aliphatic carbocycles. The first-order valence-electron chi connectivity index (χ1n) is 4.16. The number of hydrogen-bond donors (Lipinski definition) is 0. The second-order valence-electron chi connectivity index (χ2n) is 3.55. The maximum atomic E-state index is 10.6. The van der Waals surface area contributed by atoms with E-state index in [1.165, 1.54) is 6.42 Å². The fourth-order valence-electron chi connectivity index (χ4n) is 2.20. The lowest BCUT2D eigenvalue weighted by atomic mass is 9.69.